The fourth-order valence-corrected chi connectivity index (χ4v) is 5.64. The van der Waals surface area contributed by atoms with E-state index >= 15 is 0 Å². The average Bonchev–Trinajstić information content (AvgIpc) is 2.91. The quantitative estimate of drug-likeness (QED) is 0.141. The zero-order chi connectivity index (χ0) is 28.6. The Morgan fingerprint density at radius 1 is 0.950 bits per heavy atom. The van der Waals surface area contributed by atoms with Crippen molar-refractivity contribution >= 4 is 66.2 Å². The lowest BCUT2D eigenvalue weighted by Crippen LogP contribution is -2.12. The van der Waals surface area contributed by atoms with Gasteiger partial charge in [-0.2, -0.15) is 8.42 Å². The van der Waals surface area contributed by atoms with Crippen LogP contribution in [0.3, 0.4) is 0 Å². The van der Waals surface area contributed by atoms with Gasteiger partial charge in [-0.15, -0.1) is 10.2 Å². The Morgan fingerprint density at radius 3 is 2.35 bits per heavy atom. The first-order valence-corrected chi connectivity index (χ1v) is 13.7. The molecule has 9 nitrogen and oxygen atoms in total. The van der Waals surface area contributed by atoms with Crippen LogP contribution < -0.4 is 10.1 Å². The Balaban J connectivity index is 1.65. The minimum absolute atomic E-state index is 0.0527. The van der Waals surface area contributed by atoms with E-state index in [2.05, 4.69) is 15.5 Å². The van der Waals surface area contributed by atoms with Crippen LogP contribution in [0.4, 0.5) is 17.1 Å². The molecule has 0 aromatic heterocycles. The molecule has 11 heteroatoms. The molecule has 0 aliphatic heterocycles. The largest absolute Gasteiger partial charge is 0.505 e. The second kappa shape index (κ2) is 10.6. The molecule has 1 amide bonds. The minimum Gasteiger partial charge on any atom is -0.505 e. The third-order valence-electron chi connectivity index (χ3n) is 6.34. The Labute approximate surface area is 234 Å². The first kappa shape index (κ1) is 27.1. The number of fused-ring (bicyclic) bond motifs is 2. The summed E-state index contributed by atoms with van der Waals surface area (Å²) in [6.07, 6.45) is 0. The second-order valence-electron chi connectivity index (χ2n) is 8.90. The Hall–Kier alpha value is -4.51. The molecular formula is C29H22ClN3O6S. The predicted octanol–water partition coefficient (Wildman–Crippen LogP) is 7.58. The van der Waals surface area contributed by atoms with Gasteiger partial charge in [-0.05, 0) is 60.3 Å². The topological polar surface area (TPSA) is 138 Å². The van der Waals surface area contributed by atoms with Gasteiger partial charge in [0.25, 0.3) is 16.0 Å². The number of nitrogens with one attached hydrogen (secondary N) is 1. The van der Waals surface area contributed by atoms with Crippen molar-refractivity contribution in [2.75, 3.05) is 12.4 Å². The van der Waals surface area contributed by atoms with Crippen LogP contribution in [0, 0.1) is 6.92 Å². The summed E-state index contributed by atoms with van der Waals surface area (Å²) in [5.41, 5.74) is 0.794. The number of phenols is 1. The SMILES string of the molecule is COc1ccc(NC(=O)c2cc3ccccc3c(N=Nc3cc(C)c4c(Cl)cccc4c3S(=O)(=O)O)c2O)cc1. The minimum atomic E-state index is -4.76. The van der Waals surface area contributed by atoms with Gasteiger partial charge in [0.2, 0.25) is 0 Å². The maximum absolute atomic E-state index is 13.2. The van der Waals surface area contributed by atoms with E-state index in [9.17, 15) is 22.9 Å². The highest BCUT2D eigenvalue weighted by Gasteiger charge is 2.23. The number of hydrogen-bond donors (Lipinski definition) is 3. The van der Waals surface area contributed by atoms with E-state index in [-0.39, 0.29) is 22.3 Å². The molecule has 0 radical (unpaired) electrons. The summed E-state index contributed by atoms with van der Waals surface area (Å²) in [5, 5.41) is 24.2. The van der Waals surface area contributed by atoms with Crippen LogP contribution in [0.5, 0.6) is 11.5 Å². The number of amides is 1. The van der Waals surface area contributed by atoms with Crippen molar-refractivity contribution in [1.82, 2.24) is 0 Å². The van der Waals surface area contributed by atoms with Gasteiger partial charge in [-0.1, -0.05) is 48.0 Å². The summed E-state index contributed by atoms with van der Waals surface area (Å²) in [6, 6.07) is 21.2. The maximum atomic E-state index is 13.2. The zero-order valence-electron chi connectivity index (χ0n) is 21.2. The van der Waals surface area contributed by atoms with Crippen LogP contribution in [0.25, 0.3) is 21.5 Å². The van der Waals surface area contributed by atoms with E-state index in [1.54, 1.807) is 67.6 Å². The van der Waals surface area contributed by atoms with E-state index < -0.39 is 26.7 Å². The highest BCUT2D eigenvalue weighted by atomic mass is 35.5. The molecule has 0 heterocycles. The number of nitrogens with zero attached hydrogens (tertiary/aromatic N) is 2. The monoisotopic (exact) mass is 575 g/mol. The molecule has 40 heavy (non-hydrogen) atoms. The van der Waals surface area contributed by atoms with Gasteiger partial charge in [0.05, 0.1) is 12.7 Å². The zero-order valence-corrected chi connectivity index (χ0v) is 22.8. The van der Waals surface area contributed by atoms with Crippen molar-refractivity contribution in [3.8, 4) is 11.5 Å². The van der Waals surface area contributed by atoms with Gasteiger partial charge in [-0.25, -0.2) is 0 Å². The van der Waals surface area contributed by atoms with Crippen molar-refractivity contribution in [3.05, 3.63) is 95.0 Å². The summed E-state index contributed by atoms with van der Waals surface area (Å²) >= 11 is 6.31. The van der Waals surface area contributed by atoms with Crippen molar-refractivity contribution in [2.45, 2.75) is 11.8 Å². The fraction of sp³-hybridized carbons (Fsp3) is 0.0690. The van der Waals surface area contributed by atoms with Crippen LogP contribution in [-0.4, -0.2) is 31.1 Å². The molecule has 0 spiro atoms. The van der Waals surface area contributed by atoms with Crippen molar-refractivity contribution in [3.63, 3.8) is 0 Å². The summed E-state index contributed by atoms with van der Waals surface area (Å²) < 4.78 is 40.1. The summed E-state index contributed by atoms with van der Waals surface area (Å²) in [6.45, 7) is 1.72. The third-order valence-corrected chi connectivity index (χ3v) is 7.60. The number of halogens is 1. The standard InChI is InChI=1S/C29H22ClN3O6S/c1-16-14-24(28(40(36,37)38)21-8-5-9-23(30)25(16)21)32-33-26-20-7-4-3-6-17(20)15-22(27(26)34)29(35)31-18-10-12-19(39-2)13-11-18/h3-15,34H,1-2H3,(H,31,35)(H,36,37,38). The number of aryl methyl sites for hydroxylation is 1. The lowest BCUT2D eigenvalue weighted by molar-refractivity contribution is 0.102. The van der Waals surface area contributed by atoms with Gasteiger partial charge in [0.15, 0.2) is 5.75 Å². The number of carbonyl (C=O) groups excluding carboxylic acids is 1. The summed E-state index contributed by atoms with van der Waals surface area (Å²) in [4.78, 5) is 12.7. The number of methoxy groups -OCH3 is 1. The van der Waals surface area contributed by atoms with E-state index in [1.165, 1.54) is 25.3 Å². The molecule has 0 aliphatic rings. The first-order valence-electron chi connectivity index (χ1n) is 11.9. The molecule has 3 N–H and O–H groups in total. The number of azo groups is 1. The lowest BCUT2D eigenvalue weighted by Gasteiger charge is -2.13. The molecule has 0 bridgehead atoms. The van der Waals surface area contributed by atoms with E-state index in [1.807, 2.05) is 0 Å². The van der Waals surface area contributed by atoms with Crippen LogP contribution in [-0.2, 0) is 10.1 Å². The number of anilines is 1. The molecule has 0 saturated carbocycles. The highest BCUT2D eigenvalue weighted by molar-refractivity contribution is 7.86. The van der Waals surface area contributed by atoms with Crippen molar-refractivity contribution in [1.29, 1.82) is 0 Å². The number of ether oxygens (including phenoxy) is 1. The van der Waals surface area contributed by atoms with Crippen LogP contribution in [0.2, 0.25) is 5.02 Å². The molecule has 0 fully saturated rings. The van der Waals surface area contributed by atoms with Crippen LogP contribution >= 0.6 is 11.6 Å². The smallest absolute Gasteiger partial charge is 0.297 e. The molecule has 0 saturated heterocycles. The lowest BCUT2D eigenvalue weighted by atomic mass is 10.0. The molecule has 0 atom stereocenters. The highest BCUT2D eigenvalue weighted by Crippen LogP contribution is 2.42. The average molecular weight is 576 g/mol. The first-order chi connectivity index (χ1) is 19.1. The van der Waals surface area contributed by atoms with E-state index in [0.717, 1.165) is 0 Å². The van der Waals surface area contributed by atoms with Crippen molar-refractivity contribution in [2.24, 2.45) is 10.2 Å². The van der Waals surface area contributed by atoms with Crippen LogP contribution in [0.15, 0.2) is 94.0 Å². The van der Waals surface area contributed by atoms with Crippen LogP contribution in [0.1, 0.15) is 15.9 Å². The van der Waals surface area contributed by atoms with E-state index in [4.69, 9.17) is 16.3 Å². The molecule has 0 aliphatic carbocycles. The third kappa shape index (κ3) is 5.07. The second-order valence-corrected chi connectivity index (χ2v) is 10.7. The molecule has 202 valence electrons. The molecule has 5 aromatic rings. The number of phenolic OH excluding ortho intramolecular Hbond substituents is 1. The van der Waals surface area contributed by atoms with Gasteiger partial charge in [0.1, 0.15) is 22.0 Å². The van der Waals surface area contributed by atoms with Crippen molar-refractivity contribution < 1.29 is 27.6 Å². The number of hydrogen-bond acceptors (Lipinski definition) is 7. The van der Waals surface area contributed by atoms with Gasteiger partial charge < -0.3 is 15.2 Å². The predicted molar refractivity (Wildman–Crippen MR) is 154 cm³/mol. The normalized spacial score (nSPS) is 11.8. The fourth-order valence-electron chi connectivity index (χ4n) is 4.51. The maximum Gasteiger partial charge on any atom is 0.297 e. The number of aromatic hydroxyl groups is 1. The summed E-state index contributed by atoms with van der Waals surface area (Å²) in [5.74, 6) is -0.438. The number of rotatable bonds is 6. The van der Waals surface area contributed by atoms with Gasteiger partial charge in [0, 0.05) is 26.9 Å². The Kier molecular flexibility index (Phi) is 7.16. The molecule has 5 aromatic carbocycles. The van der Waals surface area contributed by atoms with Gasteiger partial charge >= 0.3 is 0 Å². The van der Waals surface area contributed by atoms with Gasteiger partial charge in [-0.3, -0.25) is 9.35 Å². The molecule has 5 rings (SSSR count). The molecule has 0 unspecified atom stereocenters. The number of carbonyl (C=O) groups is 1. The molecular weight excluding hydrogens is 554 g/mol. The van der Waals surface area contributed by atoms with E-state index in [0.29, 0.717) is 38.2 Å². The summed E-state index contributed by atoms with van der Waals surface area (Å²) in [7, 11) is -3.23. The Bertz CT molecular complexity index is 1940. The Morgan fingerprint density at radius 2 is 1.65 bits per heavy atom. The number of benzene rings is 5.